The first-order valence-electron chi connectivity index (χ1n) is 7.79. The van der Waals surface area contributed by atoms with Crippen LogP contribution >= 0.6 is 0 Å². The molecule has 23 heavy (non-hydrogen) atoms. The largest absolute Gasteiger partial charge is 0.350 e. The van der Waals surface area contributed by atoms with Crippen molar-refractivity contribution in [1.82, 2.24) is 5.32 Å². The highest BCUT2D eigenvalue weighted by atomic mass is 16.2. The van der Waals surface area contributed by atoms with Crippen molar-refractivity contribution in [3.8, 4) is 0 Å². The van der Waals surface area contributed by atoms with Crippen LogP contribution in [0.2, 0.25) is 0 Å². The predicted octanol–water partition coefficient (Wildman–Crippen LogP) is 3.78. The zero-order chi connectivity index (χ0) is 16.8. The lowest BCUT2D eigenvalue weighted by atomic mass is 10.1. The molecule has 0 aliphatic carbocycles. The van der Waals surface area contributed by atoms with E-state index < -0.39 is 0 Å². The Morgan fingerprint density at radius 2 is 1.57 bits per heavy atom. The van der Waals surface area contributed by atoms with E-state index >= 15 is 0 Å². The molecule has 2 N–H and O–H groups in total. The van der Waals surface area contributed by atoms with Crippen LogP contribution in [0.15, 0.2) is 48.5 Å². The summed E-state index contributed by atoms with van der Waals surface area (Å²) in [6.07, 6.45) is 0.851. The molecule has 0 bridgehead atoms. The molecule has 4 heteroatoms. The van der Waals surface area contributed by atoms with Gasteiger partial charge in [-0.3, -0.25) is 9.59 Å². The molecule has 0 saturated carbocycles. The van der Waals surface area contributed by atoms with Gasteiger partial charge in [-0.2, -0.15) is 0 Å². The van der Waals surface area contributed by atoms with Crippen LogP contribution in [0, 0.1) is 6.92 Å². The Hall–Kier alpha value is -2.62. The Morgan fingerprint density at radius 3 is 2.22 bits per heavy atom. The molecule has 0 spiro atoms. The van der Waals surface area contributed by atoms with E-state index in [1.807, 2.05) is 39.0 Å². The normalized spacial score (nSPS) is 11.6. The van der Waals surface area contributed by atoms with Gasteiger partial charge in [-0.15, -0.1) is 0 Å². The fraction of sp³-hybridized carbons (Fsp3) is 0.263. The van der Waals surface area contributed by atoms with Crippen molar-refractivity contribution in [2.45, 2.75) is 33.2 Å². The highest BCUT2D eigenvalue weighted by Crippen LogP contribution is 2.17. The molecule has 0 aromatic heterocycles. The highest BCUT2D eigenvalue weighted by Gasteiger charge is 2.15. The van der Waals surface area contributed by atoms with Gasteiger partial charge in [0.15, 0.2) is 0 Å². The molecule has 0 saturated heterocycles. The summed E-state index contributed by atoms with van der Waals surface area (Å²) in [6.45, 7) is 5.85. The first-order valence-corrected chi connectivity index (χ1v) is 7.79. The van der Waals surface area contributed by atoms with Gasteiger partial charge in [0.25, 0.3) is 11.8 Å². The second-order valence-corrected chi connectivity index (χ2v) is 5.60. The maximum absolute atomic E-state index is 12.4. The second kappa shape index (κ2) is 7.58. The number of anilines is 1. The molecule has 2 rings (SSSR count). The molecule has 2 aromatic rings. The summed E-state index contributed by atoms with van der Waals surface area (Å²) in [4.78, 5) is 24.8. The lowest BCUT2D eigenvalue weighted by molar-refractivity contribution is 0.0940. The summed E-state index contributed by atoms with van der Waals surface area (Å²) in [6, 6.07) is 14.5. The Morgan fingerprint density at radius 1 is 0.957 bits per heavy atom. The number of carbonyl (C=O) groups excluding carboxylic acids is 2. The highest BCUT2D eigenvalue weighted by molar-refractivity contribution is 6.09. The zero-order valence-corrected chi connectivity index (χ0v) is 13.7. The van der Waals surface area contributed by atoms with Gasteiger partial charge in [0, 0.05) is 11.6 Å². The zero-order valence-electron chi connectivity index (χ0n) is 13.7. The molecule has 120 valence electrons. The maximum Gasteiger partial charge on any atom is 0.255 e. The second-order valence-electron chi connectivity index (χ2n) is 5.60. The van der Waals surface area contributed by atoms with Gasteiger partial charge in [-0.1, -0.05) is 37.3 Å². The third-order valence-electron chi connectivity index (χ3n) is 3.80. The fourth-order valence-corrected chi connectivity index (χ4v) is 2.21. The van der Waals surface area contributed by atoms with E-state index in [2.05, 4.69) is 10.6 Å². The van der Waals surface area contributed by atoms with Crippen molar-refractivity contribution < 1.29 is 9.59 Å². The van der Waals surface area contributed by atoms with Crippen molar-refractivity contribution in [3.05, 3.63) is 65.2 Å². The molecule has 2 amide bonds. The van der Waals surface area contributed by atoms with Crippen LogP contribution in [0.4, 0.5) is 5.69 Å². The number of hydrogen-bond acceptors (Lipinski definition) is 2. The van der Waals surface area contributed by atoms with Gasteiger partial charge in [0.05, 0.1) is 11.3 Å². The Balaban J connectivity index is 2.22. The fourth-order valence-electron chi connectivity index (χ4n) is 2.21. The summed E-state index contributed by atoms with van der Waals surface area (Å²) in [5, 5.41) is 5.76. The van der Waals surface area contributed by atoms with Gasteiger partial charge in [0.2, 0.25) is 0 Å². The monoisotopic (exact) mass is 310 g/mol. The number of amides is 2. The van der Waals surface area contributed by atoms with Gasteiger partial charge >= 0.3 is 0 Å². The minimum Gasteiger partial charge on any atom is -0.350 e. The molecular formula is C19H22N2O2. The predicted molar refractivity (Wildman–Crippen MR) is 92.8 cm³/mol. The first kappa shape index (κ1) is 16.7. The average Bonchev–Trinajstić information content (AvgIpc) is 2.55. The smallest absolute Gasteiger partial charge is 0.255 e. The minimum atomic E-state index is -0.216. The summed E-state index contributed by atoms with van der Waals surface area (Å²) < 4.78 is 0. The number of rotatable bonds is 5. The van der Waals surface area contributed by atoms with Crippen LogP contribution in [0.1, 0.15) is 46.5 Å². The number of hydrogen-bond donors (Lipinski definition) is 2. The van der Waals surface area contributed by atoms with Crippen LogP contribution in [-0.4, -0.2) is 17.9 Å². The summed E-state index contributed by atoms with van der Waals surface area (Å²) in [7, 11) is 0. The SMILES string of the molecule is CC[C@@H](C)NC(=O)c1ccccc1NC(=O)c1ccccc1C. The van der Waals surface area contributed by atoms with E-state index in [0.29, 0.717) is 16.8 Å². The van der Waals surface area contributed by atoms with Crippen molar-refractivity contribution in [1.29, 1.82) is 0 Å². The van der Waals surface area contributed by atoms with Gasteiger partial charge < -0.3 is 10.6 Å². The molecule has 2 aromatic carbocycles. The van der Waals surface area contributed by atoms with E-state index in [1.54, 1.807) is 30.3 Å². The van der Waals surface area contributed by atoms with E-state index in [4.69, 9.17) is 0 Å². The minimum absolute atomic E-state index is 0.0858. The van der Waals surface area contributed by atoms with E-state index in [-0.39, 0.29) is 17.9 Å². The molecule has 1 atom stereocenters. The standard InChI is InChI=1S/C19H22N2O2/c1-4-14(3)20-19(23)16-11-7-8-12-17(16)21-18(22)15-10-6-5-9-13(15)2/h5-12,14H,4H2,1-3H3,(H,20,23)(H,21,22)/t14-/m1/s1. The molecule has 0 radical (unpaired) electrons. The Labute approximate surface area is 136 Å². The van der Waals surface area contributed by atoms with Crippen LogP contribution in [0.25, 0.3) is 0 Å². The third kappa shape index (κ3) is 4.19. The van der Waals surface area contributed by atoms with E-state index in [0.717, 1.165) is 12.0 Å². The molecular weight excluding hydrogens is 288 g/mol. The van der Waals surface area contributed by atoms with Crippen LogP contribution in [-0.2, 0) is 0 Å². The molecule has 0 aliphatic rings. The van der Waals surface area contributed by atoms with Crippen molar-refractivity contribution in [2.24, 2.45) is 0 Å². The lowest BCUT2D eigenvalue weighted by Crippen LogP contribution is -2.32. The Bertz CT molecular complexity index is 710. The van der Waals surface area contributed by atoms with E-state index in [1.165, 1.54) is 0 Å². The number of benzene rings is 2. The number of aryl methyl sites for hydroxylation is 1. The first-order chi connectivity index (χ1) is 11.0. The number of carbonyl (C=O) groups is 2. The molecule has 0 aliphatic heterocycles. The average molecular weight is 310 g/mol. The Kier molecular flexibility index (Phi) is 5.52. The van der Waals surface area contributed by atoms with Gasteiger partial charge in [-0.25, -0.2) is 0 Å². The molecule has 0 heterocycles. The van der Waals surface area contributed by atoms with Crippen LogP contribution in [0.5, 0.6) is 0 Å². The third-order valence-corrected chi connectivity index (χ3v) is 3.80. The number of para-hydroxylation sites is 1. The van der Waals surface area contributed by atoms with Crippen molar-refractivity contribution in [2.75, 3.05) is 5.32 Å². The molecule has 0 unspecified atom stereocenters. The van der Waals surface area contributed by atoms with E-state index in [9.17, 15) is 9.59 Å². The van der Waals surface area contributed by atoms with Crippen molar-refractivity contribution in [3.63, 3.8) is 0 Å². The summed E-state index contributed by atoms with van der Waals surface area (Å²) in [5.74, 6) is -0.396. The summed E-state index contributed by atoms with van der Waals surface area (Å²) >= 11 is 0. The van der Waals surface area contributed by atoms with Crippen LogP contribution in [0.3, 0.4) is 0 Å². The molecule has 0 fully saturated rings. The van der Waals surface area contributed by atoms with Crippen molar-refractivity contribution >= 4 is 17.5 Å². The maximum atomic E-state index is 12.4. The van der Waals surface area contributed by atoms with Gasteiger partial charge in [0.1, 0.15) is 0 Å². The molecule has 4 nitrogen and oxygen atoms in total. The summed E-state index contributed by atoms with van der Waals surface area (Å²) in [5.41, 5.74) is 2.48. The van der Waals surface area contributed by atoms with Crippen LogP contribution < -0.4 is 10.6 Å². The topological polar surface area (TPSA) is 58.2 Å². The van der Waals surface area contributed by atoms with Gasteiger partial charge in [-0.05, 0) is 44.0 Å². The lowest BCUT2D eigenvalue weighted by Gasteiger charge is -2.15. The number of nitrogens with one attached hydrogen (secondary N) is 2. The quantitative estimate of drug-likeness (QED) is 0.883.